The van der Waals surface area contributed by atoms with Crippen LogP contribution in [0.2, 0.25) is 0 Å². The second-order valence-corrected chi connectivity index (χ2v) is 6.78. The summed E-state index contributed by atoms with van der Waals surface area (Å²) in [7, 11) is 0. The predicted octanol–water partition coefficient (Wildman–Crippen LogP) is 7.72. The van der Waals surface area contributed by atoms with E-state index in [0.29, 0.717) is 0 Å². The van der Waals surface area contributed by atoms with Crippen molar-refractivity contribution in [2.75, 3.05) is 0 Å². The average molecular weight is 282 g/mol. The number of hydrogen-bond acceptors (Lipinski definition) is 0. The van der Waals surface area contributed by atoms with Gasteiger partial charge in [-0.3, -0.25) is 0 Å². The molecule has 0 aliphatic heterocycles. The van der Waals surface area contributed by atoms with Crippen LogP contribution in [-0.4, -0.2) is 0 Å². The van der Waals surface area contributed by atoms with Gasteiger partial charge in [0, 0.05) is 0 Å². The van der Waals surface area contributed by atoms with Crippen LogP contribution in [0, 0.1) is 12.8 Å². The first-order valence-electron chi connectivity index (χ1n) is 9.60. The molecule has 20 heavy (non-hydrogen) atoms. The maximum atomic E-state index is 3.91. The molecule has 1 radical (unpaired) electrons. The molecule has 0 nitrogen and oxygen atoms in total. The minimum absolute atomic E-state index is 0.953. The van der Waals surface area contributed by atoms with Crippen LogP contribution >= 0.6 is 0 Å². The molecule has 1 atom stereocenters. The molecule has 0 aliphatic rings. The van der Waals surface area contributed by atoms with Crippen molar-refractivity contribution in [2.45, 2.75) is 117 Å². The highest BCUT2D eigenvalue weighted by Gasteiger charge is 2.01. The predicted molar refractivity (Wildman–Crippen MR) is 94.1 cm³/mol. The van der Waals surface area contributed by atoms with E-state index in [1.54, 1.807) is 0 Å². The first-order valence-corrected chi connectivity index (χ1v) is 9.60. The molecule has 0 N–H and O–H groups in total. The second kappa shape index (κ2) is 17.1. The highest BCUT2D eigenvalue weighted by Crippen LogP contribution is 2.18. The summed E-state index contributed by atoms with van der Waals surface area (Å²) < 4.78 is 0. The van der Waals surface area contributed by atoms with E-state index >= 15 is 0 Å². The third-order valence-electron chi connectivity index (χ3n) is 4.50. The van der Waals surface area contributed by atoms with Crippen molar-refractivity contribution in [3.05, 3.63) is 6.92 Å². The maximum Gasteiger partial charge on any atom is -0.0443 e. The van der Waals surface area contributed by atoms with Crippen molar-refractivity contribution in [2.24, 2.45) is 5.92 Å². The largest absolute Gasteiger partial charge is 0.0654 e. The smallest absolute Gasteiger partial charge is 0.0443 e. The Morgan fingerprint density at radius 3 is 1.45 bits per heavy atom. The van der Waals surface area contributed by atoms with Crippen LogP contribution in [0.15, 0.2) is 0 Å². The molecule has 0 heteroatoms. The number of rotatable bonds is 16. The van der Waals surface area contributed by atoms with Gasteiger partial charge in [0.05, 0.1) is 0 Å². The first-order chi connectivity index (χ1) is 9.81. The van der Waals surface area contributed by atoms with E-state index in [-0.39, 0.29) is 0 Å². The Kier molecular flexibility index (Phi) is 17.1. The van der Waals surface area contributed by atoms with E-state index in [2.05, 4.69) is 20.8 Å². The lowest BCUT2D eigenvalue weighted by Crippen LogP contribution is -1.95. The minimum atomic E-state index is 0.953. The zero-order valence-corrected chi connectivity index (χ0v) is 14.6. The molecule has 1 unspecified atom stereocenters. The van der Waals surface area contributed by atoms with Crippen molar-refractivity contribution in [1.82, 2.24) is 0 Å². The van der Waals surface area contributed by atoms with E-state index in [0.717, 1.165) is 12.3 Å². The van der Waals surface area contributed by atoms with Crippen molar-refractivity contribution < 1.29 is 0 Å². The molecule has 0 fully saturated rings. The highest BCUT2D eigenvalue weighted by molar-refractivity contribution is 4.56. The van der Waals surface area contributed by atoms with E-state index in [4.69, 9.17) is 0 Å². The van der Waals surface area contributed by atoms with Gasteiger partial charge in [-0.05, 0) is 5.92 Å². The third kappa shape index (κ3) is 16.1. The fraction of sp³-hybridized carbons (Fsp3) is 0.950. The van der Waals surface area contributed by atoms with Gasteiger partial charge in [-0.25, -0.2) is 0 Å². The summed E-state index contributed by atoms with van der Waals surface area (Å²) in [5, 5.41) is 0. The van der Waals surface area contributed by atoms with E-state index in [1.165, 1.54) is 96.3 Å². The molecule has 0 spiro atoms. The van der Waals surface area contributed by atoms with Gasteiger partial charge >= 0.3 is 0 Å². The Morgan fingerprint density at radius 2 is 1.00 bits per heavy atom. The minimum Gasteiger partial charge on any atom is -0.0654 e. The van der Waals surface area contributed by atoms with Gasteiger partial charge in [-0.1, -0.05) is 124 Å². The van der Waals surface area contributed by atoms with Gasteiger partial charge in [-0.15, -0.1) is 0 Å². The molecule has 0 amide bonds. The van der Waals surface area contributed by atoms with Gasteiger partial charge in [0.1, 0.15) is 0 Å². The molecule has 121 valence electrons. The molecule has 0 saturated carbocycles. The van der Waals surface area contributed by atoms with Gasteiger partial charge in [0.2, 0.25) is 0 Å². The zero-order chi connectivity index (χ0) is 14.9. The van der Waals surface area contributed by atoms with Crippen molar-refractivity contribution >= 4 is 0 Å². The fourth-order valence-electron chi connectivity index (χ4n) is 2.97. The fourth-order valence-corrected chi connectivity index (χ4v) is 2.97. The van der Waals surface area contributed by atoms with Crippen molar-refractivity contribution in [1.29, 1.82) is 0 Å². The lowest BCUT2D eigenvalue weighted by Gasteiger charge is -2.10. The molecule has 0 aliphatic carbocycles. The summed E-state index contributed by atoms with van der Waals surface area (Å²) in [4.78, 5) is 0. The average Bonchev–Trinajstić information content (AvgIpc) is 2.45. The van der Waals surface area contributed by atoms with Crippen LogP contribution in [0.3, 0.4) is 0 Å². The third-order valence-corrected chi connectivity index (χ3v) is 4.50. The van der Waals surface area contributed by atoms with E-state index in [9.17, 15) is 0 Å². The summed E-state index contributed by atoms with van der Waals surface area (Å²) in [6, 6.07) is 0. The maximum absolute atomic E-state index is 3.91. The summed E-state index contributed by atoms with van der Waals surface area (Å²) in [6.07, 6.45) is 22.7. The molecule has 0 heterocycles. The summed E-state index contributed by atoms with van der Waals surface area (Å²) >= 11 is 0. The number of hydrogen-bond donors (Lipinski definition) is 0. The Labute approximate surface area is 130 Å². The van der Waals surface area contributed by atoms with Crippen molar-refractivity contribution in [3.63, 3.8) is 0 Å². The standard InChI is InChI=1S/C20H41/c1-4-6-8-10-11-12-13-14-15-17-19-20(3)18-16-9-7-5-2/h20H,2,4-19H2,1,3H3. The molecule has 0 aromatic rings. The zero-order valence-electron chi connectivity index (χ0n) is 14.6. The molecule has 0 aromatic heterocycles. The molecule has 0 saturated heterocycles. The molecule has 0 aromatic carbocycles. The van der Waals surface area contributed by atoms with Gasteiger partial charge < -0.3 is 0 Å². The van der Waals surface area contributed by atoms with Crippen LogP contribution < -0.4 is 0 Å². The highest BCUT2D eigenvalue weighted by atomic mass is 14.1. The Balaban J connectivity index is 3.07. The Hall–Kier alpha value is 0. The van der Waals surface area contributed by atoms with Crippen LogP contribution in [0.4, 0.5) is 0 Å². The summed E-state index contributed by atoms with van der Waals surface area (Å²) in [5.74, 6) is 0.953. The van der Waals surface area contributed by atoms with Gasteiger partial charge in [0.15, 0.2) is 0 Å². The van der Waals surface area contributed by atoms with Gasteiger partial charge in [-0.2, -0.15) is 0 Å². The van der Waals surface area contributed by atoms with Crippen LogP contribution in [0.25, 0.3) is 0 Å². The monoisotopic (exact) mass is 281 g/mol. The molecule has 0 bridgehead atoms. The van der Waals surface area contributed by atoms with Gasteiger partial charge in [0.25, 0.3) is 0 Å². The molecular formula is C20H41. The lowest BCUT2D eigenvalue weighted by atomic mass is 9.96. The molecular weight excluding hydrogens is 240 g/mol. The quantitative estimate of drug-likeness (QED) is 0.254. The Morgan fingerprint density at radius 1 is 0.600 bits per heavy atom. The van der Waals surface area contributed by atoms with Crippen molar-refractivity contribution in [3.8, 4) is 0 Å². The number of unbranched alkanes of at least 4 members (excludes halogenated alkanes) is 12. The van der Waals surface area contributed by atoms with E-state index in [1.807, 2.05) is 0 Å². The first kappa shape index (κ1) is 20.0. The summed E-state index contributed by atoms with van der Waals surface area (Å²) in [5.41, 5.74) is 0. The van der Waals surface area contributed by atoms with Crippen LogP contribution in [0.5, 0.6) is 0 Å². The van der Waals surface area contributed by atoms with Crippen LogP contribution in [-0.2, 0) is 0 Å². The summed E-state index contributed by atoms with van der Waals surface area (Å²) in [6.45, 7) is 8.64. The lowest BCUT2D eigenvalue weighted by molar-refractivity contribution is 0.434. The van der Waals surface area contributed by atoms with Crippen LogP contribution in [0.1, 0.15) is 117 Å². The van der Waals surface area contributed by atoms with E-state index < -0.39 is 0 Å². The SMILES string of the molecule is [CH2]CCCCCC(C)CCCCCCCCCCCC. The topological polar surface area (TPSA) is 0 Å². The normalized spacial score (nSPS) is 12.8. The Bertz CT molecular complexity index is 161. The second-order valence-electron chi connectivity index (χ2n) is 6.78. The molecule has 0 rings (SSSR count).